The molecule has 0 saturated heterocycles. The highest BCUT2D eigenvalue weighted by Gasteiger charge is 2.64. The number of esters is 3. The van der Waals surface area contributed by atoms with E-state index in [0.29, 0.717) is 19.3 Å². The predicted octanol–water partition coefficient (Wildman–Crippen LogP) is 3.55. The van der Waals surface area contributed by atoms with Crippen molar-refractivity contribution >= 4 is 29.5 Å². The Labute approximate surface area is 217 Å². The van der Waals surface area contributed by atoms with E-state index in [0.717, 1.165) is 0 Å². The Morgan fingerprint density at radius 3 is 2.24 bits per heavy atom. The van der Waals surface area contributed by atoms with Crippen LogP contribution in [0.2, 0.25) is 0 Å². The molecule has 3 aliphatic rings. The van der Waals surface area contributed by atoms with E-state index in [1.165, 1.54) is 26.8 Å². The molecule has 0 N–H and O–H groups in total. The van der Waals surface area contributed by atoms with Crippen LogP contribution >= 0.6 is 0 Å². The molecule has 0 unspecified atom stereocenters. The maximum atomic E-state index is 14.1. The molecule has 0 heterocycles. The summed E-state index contributed by atoms with van der Waals surface area (Å²) >= 11 is 0. The van der Waals surface area contributed by atoms with E-state index < -0.39 is 58.4 Å². The Kier molecular flexibility index (Phi) is 8.27. The van der Waals surface area contributed by atoms with Gasteiger partial charge in [-0.25, -0.2) is 0 Å². The van der Waals surface area contributed by atoms with Gasteiger partial charge >= 0.3 is 17.9 Å². The van der Waals surface area contributed by atoms with E-state index in [2.05, 4.69) is 6.58 Å². The van der Waals surface area contributed by atoms with Gasteiger partial charge in [0, 0.05) is 55.3 Å². The van der Waals surface area contributed by atoms with E-state index in [1.54, 1.807) is 6.92 Å². The Morgan fingerprint density at radius 1 is 1.03 bits per heavy atom. The highest BCUT2D eigenvalue weighted by Crippen LogP contribution is 2.62. The molecular formula is C28H36O9. The molecule has 0 bridgehead atoms. The van der Waals surface area contributed by atoms with E-state index >= 15 is 0 Å². The van der Waals surface area contributed by atoms with Crippen molar-refractivity contribution in [3.8, 4) is 0 Å². The van der Waals surface area contributed by atoms with E-state index in [1.807, 2.05) is 13.8 Å². The summed E-state index contributed by atoms with van der Waals surface area (Å²) in [6.45, 7) is 13.2. The van der Waals surface area contributed by atoms with Gasteiger partial charge in [-0.1, -0.05) is 26.3 Å². The molecule has 0 aliphatic heterocycles. The lowest BCUT2D eigenvalue weighted by atomic mass is 9.47. The molecule has 0 spiro atoms. The molecule has 202 valence electrons. The zero-order chi connectivity index (χ0) is 27.7. The van der Waals surface area contributed by atoms with Gasteiger partial charge < -0.3 is 18.9 Å². The monoisotopic (exact) mass is 516 g/mol. The van der Waals surface area contributed by atoms with Crippen molar-refractivity contribution < 1.29 is 42.9 Å². The summed E-state index contributed by atoms with van der Waals surface area (Å²) in [6, 6.07) is 0. The van der Waals surface area contributed by atoms with Crippen LogP contribution in [0.3, 0.4) is 0 Å². The van der Waals surface area contributed by atoms with Gasteiger partial charge in [-0.05, 0) is 26.2 Å². The minimum absolute atomic E-state index is 0.00531. The van der Waals surface area contributed by atoms with Gasteiger partial charge in [0.2, 0.25) is 5.78 Å². The second-order valence-electron chi connectivity index (χ2n) is 10.5. The van der Waals surface area contributed by atoms with Gasteiger partial charge in [0.05, 0.1) is 12.2 Å². The smallest absolute Gasteiger partial charge is 0.308 e. The minimum Gasteiger partial charge on any atom is -0.465 e. The second-order valence-corrected chi connectivity index (χ2v) is 10.5. The molecule has 1 fully saturated rings. The summed E-state index contributed by atoms with van der Waals surface area (Å²) < 4.78 is 22.7. The number of fused-ring (bicyclic) bond motifs is 2. The summed E-state index contributed by atoms with van der Waals surface area (Å²) in [5.74, 6) is -3.62. The molecule has 0 aromatic heterocycles. The predicted molar refractivity (Wildman–Crippen MR) is 132 cm³/mol. The zero-order valence-corrected chi connectivity index (χ0v) is 22.4. The largest absolute Gasteiger partial charge is 0.465 e. The molecular weight excluding hydrogens is 480 g/mol. The lowest BCUT2D eigenvalue weighted by Gasteiger charge is -2.59. The van der Waals surface area contributed by atoms with Crippen LogP contribution in [-0.2, 0) is 42.9 Å². The van der Waals surface area contributed by atoms with E-state index in [4.69, 9.17) is 18.9 Å². The molecule has 1 saturated carbocycles. The summed E-state index contributed by atoms with van der Waals surface area (Å²) in [5.41, 5.74) is -1.32. The molecule has 0 radical (unpaired) electrons. The van der Waals surface area contributed by atoms with Crippen LogP contribution in [0.4, 0.5) is 0 Å². The fourth-order valence-electron chi connectivity index (χ4n) is 6.60. The molecule has 3 rings (SSSR count). The van der Waals surface area contributed by atoms with Crippen LogP contribution in [0.5, 0.6) is 0 Å². The van der Waals surface area contributed by atoms with Crippen LogP contribution in [0, 0.1) is 16.7 Å². The normalized spacial score (nSPS) is 31.4. The highest BCUT2D eigenvalue weighted by molar-refractivity contribution is 6.26. The third-order valence-electron chi connectivity index (χ3n) is 7.71. The number of carbonyl (C=O) groups is 5. The molecule has 3 aliphatic carbocycles. The molecule has 5 atom stereocenters. The van der Waals surface area contributed by atoms with E-state index in [-0.39, 0.29) is 42.1 Å². The van der Waals surface area contributed by atoms with E-state index in [9.17, 15) is 24.0 Å². The lowest BCUT2D eigenvalue weighted by molar-refractivity contribution is -0.189. The van der Waals surface area contributed by atoms with Crippen LogP contribution in [0.1, 0.15) is 67.2 Å². The first-order valence-corrected chi connectivity index (χ1v) is 12.6. The molecule has 37 heavy (non-hydrogen) atoms. The van der Waals surface area contributed by atoms with Gasteiger partial charge in [0.15, 0.2) is 11.5 Å². The number of Topliss-reactive ketones (excluding diaryl/α,β-unsaturated/α-hetero) is 2. The van der Waals surface area contributed by atoms with Gasteiger partial charge in [0.25, 0.3) is 0 Å². The number of allylic oxidation sites excluding steroid dienone is 3. The quantitative estimate of drug-likeness (QED) is 0.206. The lowest BCUT2D eigenvalue weighted by Crippen LogP contribution is -2.62. The zero-order valence-electron chi connectivity index (χ0n) is 22.4. The minimum atomic E-state index is -1.04. The maximum Gasteiger partial charge on any atom is 0.308 e. The van der Waals surface area contributed by atoms with Crippen molar-refractivity contribution in [1.29, 1.82) is 0 Å². The van der Waals surface area contributed by atoms with Crippen LogP contribution in [0.15, 0.2) is 35.1 Å². The number of rotatable bonds is 8. The number of hydrogen-bond acceptors (Lipinski definition) is 9. The molecule has 9 heteroatoms. The standard InChI is InChI=1S/C28H36O9/c1-8-11-18-21(32)19-20(22(33)23(18)36-16(4)30)28(7)13-10-12-27(6,14-35-15(3)29)26(28)25(37-17(5)31)24(19)34-9-2/h8,24-26H,1,9-14H2,2-7H3/t24-,25+,26-,27+,28+/m0/s1. The molecule has 0 aromatic rings. The average Bonchev–Trinajstić information content (AvgIpc) is 2.79. The van der Waals surface area contributed by atoms with Gasteiger partial charge in [0.1, 0.15) is 12.2 Å². The van der Waals surface area contributed by atoms with Crippen LogP contribution in [0.25, 0.3) is 0 Å². The third-order valence-corrected chi connectivity index (χ3v) is 7.71. The molecule has 0 amide bonds. The van der Waals surface area contributed by atoms with Crippen molar-refractivity contribution in [3.05, 3.63) is 35.1 Å². The summed E-state index contributed by atoms with van der Waals surface area (Å²) in [4.78, 5) is 64.2. The first kappa shape index (κ1) is 28.5. The second kappa shape index (κ2) is 10.7. The highest BCUT2D eigenvalue weighted by atomic mass is 16.6. The van der Waals surface area contributed by atoms with Gasteiger partial charge in [-0.3, -0.25) is 24.0 Å². The molecule has 0 aromatic carbocycles. The Balaban J connectivity index is 2.33. The SMILES string of the molecule is C=CCC1=C(OC(C)=O)C(=O)C2=C(C1=O)[C@H](OCC)[C@@H](OC(C)=O)[C@H]1[C@@](C)(COC(C)=O)CCC[C@]21C. The number of hydrogen-bond donors (Lipinski definition) is 0. The van der Waals surface area contributed by atoms with Gasteiger partial charge in [-0.15, -0.1) is 6.58 Å². The number of ether oxygens (including phenoxy) is 4. The number of carbonyl (C=O) groups excluding carboxylic acids is 5. The van der Waals surface area contributed by atoms with Crippen molar-refractivity contribution in [2.45, 2.75) is 79.4 Å². The van der Waals surface area contributed by atoms with Crippen LogP contribution in [-0.4, -0.2) is 54.9 Å². The number of ketones is 2. The average molecular weight is 517 g/mol. The first-order chi connectivity index (χ1) is 17.3. The third kappa shape index (κ3) is 5.06. The first-order valence-electron chi connectivity index (χ1n) is 12.6. The Bertz CT molecular complexity index is 1100. The fourth-order valence-corrected chi connectivity index (χ4v) is 6.60. The maximum absolute atomic E-state index is 14.1. The summed E-state index contributed by atoms with van der Waals surface area (Å²) in [5, 5.41) is 0. The van der Waals surface area contributed by atoms with Crippen molar-refractivity contribution in [1.82, 2.24) is 0 Å². The van der Waals surface area contributed by atoms with Crippen molar-refractivity contribution in [3.63, 3.8) is 0 Å². The molecule has 9 nitrogen and oxygen atoms in total. The summed E-state index contributed by atoms with van der Waals surface area (Å²) in [7, 11) is 0. The summed E-state index contributed by atoms with van der Waals surface area (Å²) in [6.07, 6.45) is 1.32. The van der Waals surface area contributed by atoms with Crippen molar-refractivity contribution in [2.24, 2.45) is 16.7 Å². The van der Waals surface area contributed by atoms with Crippen molar-refractivity contribution in [2.75, 3.05) is 13.2 Å². The van der Waals surface area contributed by atoms with Crippen LogP contribution < -0.4 is 0 Å². The topological polar surface area (TPSA) is 122 Å². The Hall–Kier alpha value is -3.07. The Morgan fingerprint density at radius 2 is 1.70 bits per heavy atom. The fraction of sp³-hybridized carbons (Fsp3) is 0.607. The van der Waals surface area contributed by atoms with Gasteiger partial charge in [-0.2, -0.15) is 0 Å².